The molecule has 0 bridgehead atoms. The molecule has 0 aliphatic carbocycles. The summed E-state index contributed by atoms with van der Waals surface area (Å²) in [5.41, 5.74) is 2.50. The van der Waals surface area contributed by atoms with Crippen LogP contribution in [-0.2, 0) is 14.3 Å². The molecule has 0 spiro atoms. The molecule has 1 aliphatic rings. The Morgan fingerprint density at radius 1 is 1.17 bits per heavy atom. The van der Waals surface area contributed by atoms with Gasteiger partial charge in [0.1, 0.15) is 17.4 Å². The molecule has 0 atom stereocenters. The molecule has 1 aliphatic heterocycles. The van der Waals surface area contributed by atoms with Gasteiger partial charge in [0, 0.05) is 18.8 Å². The fraction of sp³-hybridized carbons (Fsp3) is 0.261. The van der Waals surface area contributed by atoms with Gasteiger partial charge in [-0.25, -0.2) is 0 Å². The van der Waals surface area contributed by atoms with Crippen LogP contribution < -0.4 is 10.1 Å². The van der Waals surface area contributed by atoms with Crippen LogP contribution in [0.2, 0.25) is 0 Å². The number of hydrogen-bond donors (Lipinski definition) is 1. The smallest absolute Gasteiger partial charge is 0.264 e. The number of anilines is 1. The molecule has 1 fully saturated rings. The molecule has 0 unspecified atom stereocenters. The maximum Gasteiger partial charge on any atom is 0.264 e. The number of nitrogens with one attached hydrogen (secondary N) is 1. The zero-order chi connectivity index (χ0) is 21.3. The van der Waals surface area contributed by atoms with Gasteiger partial charge in [-0.05, 0) is 42.3 Å². The molecule has 2 amide bonds. The Morgan fingerprint density at radius 2 is 1.87 bits per heavy atom. The van der Waals surface area contributed by atoms with E-state index in [4.69, 9.17) is 9.47 Å². The molecule has 1 saturated heterocycles. The van der Waals surface area contributed by atoms with E-state index in [2.05, 4.69) is 5.32 Å². The highest BCUT2D eigenvalue weighted by molar-refractivity contribution is 6.01. The Kier molecular flexibility index (Phi) is 7.19. The second-order valence-electron chi connectivity index (χ2n) is 6.80. The van der Waals surface area contributed by atoms with Gasteiger partial charge in [-0.3, -0.25) is 9.59 Å². The molecule has 1 heterocycles. The van der Waals surface area contributed by atoms with Crippen LogP contribution in [0.4, 0.5) is 5.69 Å². The van der Waals surface area contributed by atoms with Crippen molar-refractivity contribution in [3.8, 4) is 11.8 Å². The highest BCUT2D eigenvalue weighted by Crippen LogP contribution is 2.17. The lowest BCUT2D eigenvalue weighted by Crippen LogP contribution is -2.41. The third kappa shape index (κ3) is 5.69. The Labute approximate surface area is 175 Å². The zero-order valence-corrected chi connectivity index (χ0v) is 16.8. The first kappa shape index (κ1) is 21.1. The Morgan fingerprint density at radius 3 is 2.53 bits per heavy atom. The topological polar surface area (TPSA) is 91.7 Å². The van der Waals surface area contributed by atoms with Crippen molar-refractivity contribution in [2.45, 2.75) is 6.92 Å². The van der Waals surface area contributed by atoms with Crippen LogP contribution in [0.3, 0.4) is 0 Å². The predicted molar refractivity (Wildman–Crippen MR) is 113 cm³/mol. The van der Waals surface area contributed by atoms with E-state index in [1.807, 2.05) is 37.3 Å². The van der Waals surface area contributed by atoms with Gasteiger partial charge in [-0.2, -0.15) is 5.26 Å². The number of para-hydroxylation sites is 1. The summed E-state index contributed by atoms with van der Waals surface area (Å²) in [6, 6.07) is 16.3. The van der Waals surface area contributed by atoms with E-state index < -0.39 is 0 Å². The van der Waals surface area contributed by atoms with Gasteiger partial charge in [0.05, 0.1) is 13.2 Å². The van der Waals surface area contributed by atoms with E-state index in [1.54, 1.807) is 35.2 Å². The van der Waals surface area contributed by atoms with Gasteiger partial charge in [0.15, 0.2) is 6.61 Å². The monoisotopic (exact) mass is 405 g/mol. The SMILES string of the molecule is Cc1ccccc1NC(=O)COc1ccc(/C=C(/C#N)C(=O)N2CCOCC2)cc1. The van der Waals surface area contributed by atoms with Crippen molar-refractivity contribution in [1.29, 1.82) is 5.26 Å². The average Bonchev–Trinajstić information content (AvgIpc) is 2.78. The van der Waals surface area contributed by atoms with Crippen molar-refractivity contribution >= 4 is 23.6 Å². The van der Waals surface area contributed by atoms with Gasteiger partial charge in [-0.15, -0.1) is 0 Å². The molecule has 7 heteroatoms. The van der Waals surface area contributed by atoms with Crippen molar-refractivity contribution in [1.82, 2.24) is 4.90 Å². The fourth-order valence-electron chi connectivity index (χ4n) is 2.95. The molecule has 7 nitrogen and oxygen atoms in total. The molecule has 1 N–H and O–H groups in total. The van der Waals surface area contributed by atoms with Crippen molar-refractivity contribution in [2.24, 2.45) is 0 Å². The van der Waals surface area contributed by atoms with E-state index in [9.17, 15) is 14.9 Å². The number of carbonyl (C=O) groups is 2. The van der Waals surface area contributed by atoms with Crippen molar-refractivity contribution in [2.75, 3.05) is 38.2 Å². The van der Waals surface area contributed by atoms with Crippen LogP contribution in [-0.4, -0.2) is 49.6 Å². The van der Waals surface area contributed by atoms with E-state index in [0.29, 0.717) is 37.6 Å². The summed E-state index contributed by atoms with van der Waals surface area (Å²) < 4.78 is 10.8. The summed E-state index contributed by atoms with van der Waals surface area (Å²) in [4.78, 5) is 26.2. The number of aryl methyl sites for hydroxylation is 1. The van der Waals surface area contributed by atoms with Crippen LogP contribution in [0.25, 0.3) is 6.08 Å². The fourth-order valence-corrected chi connectivity index (χ4v) is 2.95. The molecule has 0 saturated carbocycles. The standard InChI is InChI=1S/C23H23N3O4/c1-17-4-2-3-5-21(17)25-22(27)16-30-20-8-6-18(7-9-20)14-19(15-24)23(28)26-10-12-29-13-11-26/h2-9,14H,10-13,16H2,1H3,(H,25,27)/b19-14-. The highest BCUT2D eigenvalue weighted by atomic mass is 16.5. The molecule has 30 heavy (non-hydrogen) atoms. The largest absolute Gasteiger partial charge is 0.484 e. The van der Waals surface area contributed by atoms with E-state index in [0.717, 1.165) is 11.3 Å². The number of rotatable bonds is 6. The molecule has 0 radical (unpaired) electrons. The summed E-state index contributed by atoms with van der Waals surface area (Å²) in [6.07, 6.45) is 1.55. The van der Waals surface area contributed by atoms with Crippen molar-refractivity contribution < 1.29 is 19.1 Å². The number of nitriles is 1. The summed E-state index contributed by atoms with van der Waals surface area (Å²) >= 11 is 0. The Balaban J connectivity index is 1.56. The number of amides is 2. The van der Waals surface area contributed by atoms with E-state index in [-0.39, 0.29) is 24.0 Å². The Hall–Kier alpha value is -3.63. The summed E-state index contributed by atoms with van der Waals surface area (Å²) in [7, 11) is 0. The van der Waals surface area contributed by atoms with E-state index >= 15 is 0 Å². The van der Waals surface area contributed by atoms with Crippen LogP contribution in [0.5, 0.6) is 5.75 Å². The lowest BCUT2D eigenvalue weighted by Gasteiger charge is -2.26. The number of benzene rings is 2. The molecule has 2 aromatic carbocycles. The maximum atomic E-state index is 12.5. The summed E-state index contributed by atoms with van der Waals surface area (Å²) in [6.45, 7) is 3.72. The van der Waals surface area contributed by atoms with Gasteiger partial charge in [0.25, 0.3) is 11.8 Å². The zero-order valence-electron chi connectivity index (χ0n) is 16.8. The Bertz CT molecular complexity index is 971. The third-order valence-corrected chi connectivity index (χ3v) is 4.63. The minimum atomic E-state index is -0.297. The number of carbonyl (C=O) groups excluding carboxylic acids is 2. The first-order valence-corrected chi connectivity index (χ1v) is 9.64. The summed E-state index contributed by atoms with van der Waals surface area (Å²) in [5, 5.41) is 12.2. The minimum absolute atomic E-state index is 0.0724. The van der Waals surface area contributed by atoms with Crippen LogP contribution in [0, 0.1) is 18.3 Å². The maximum absolute atomic E-state index is 12.5. The van der Waals surface area contributed by atoms with Gasteiger partial charge in [0.2, 0.25) is 0 Å². The highest BCUT2D eigenvalue weighted by Gasteiger charge is 2.20. The average molecular weight is 405 g/mol. The van der Waals surface area contributed by atoms with E-state index in [1.165, 1.54) is 0 Å². The third-order valence-electron chi connectivity index (χ3n) is 4.63. The molecular weight excluding hydrogens is 382 g/mol. The van der Waals surface area contributed by atoms with Crippen molar-refractivity contribution in [3.63, 3.8) is 0 Å². The van der Waals surface area contributed by atoms with Gasteiger partial charge < -0.3 is 19.7 Å². The number of morpholine rings is 1. The van der Waals surface area contributed by atoms with Crippen molar-refractivity contribution in [3.05, 3.63) is 65.2 Å². The summed E-state index contributed by atoms with van der Waals surface area (Å²) in [5.74, 6) is -0.0322. The molecule has 0 aromatic heterocycles. The molecule has 2 aromatic rings. The number of ether oxygens (including phenoxy) is 2. The first-order chi connectivity index (χ1) is 14.6. The van der Waals surface area contributed by atoms with Crippen LogP contribution in [0.1, 0.15) is 11.1 Å². The number of nitrogens with zero attached hydrogens (tertiary/aromatic N) is 2. The quantitative estimate of drug-likeness (QED) is 0.589. The lowest BCUT2D eigenvalue weighted by atomic mass is 10.1. The number of hydrogen-bond acceptors (Lipinski definition) is 5. The second kappa shape index (κ2) is 10.2. The normalized spacial score (nSPS) is 14.0. The molecular formula is C23H23N3O4. The second-order valence-corrected chi connectivity index (χ2v) is 6.80. The van der Waals surface area contributed by atoms with Gasteiger partial charge in [-0.1, -0.05) is 30.3 Å². The lowest BCUT2D eigenvalue weighted by molar-refractivity contribution is -0.130. The van der Waals surface area contributed by atoms with Crippen LogP contribution in [0.15, 0.2) is 54.1 Å². The van der Waals surface area contributed by atoms with Crippen LogP contribution >= 0.6 is 0 Å². The molecule has 154 valence electrons. The minimum Gasteiger partial charge on any atom is -0.484 e. The molecule has 3 rings (SSSR count). The predicted octanol–water partition coefficient (Wildman–Crippen LogP) is 2.78. The first-order valence-electron chi connectivity index (χ1n) is 9.64. The van der Waals surface area contributed by atoms with Gasteiger partial charge >= 0.3 is 0 Å².